The Morgan fingerprint density at radius 2 is 1.00 bits per heavy atom. The molecule has 0 spiro atoms. The van der Waals surface area contributed by atoms with Crippen molar-refractivity contribution in [2.24, 2.45) is 0 Å². The molecule has 0 aliphatic heterocycles. The quantitative estimate of drug-likeness (QED) is 0.121. The van der Waals surface area contributed by atoms with Crippen molar-refractivity contribution in [3.05, 3.63) is 152 Å². The maximum atomic E-state index is 12.3. The largest absolute Gasteiger partial charge is 0.487 e. The van der Waals surface area contributed by atoms with Crippen LogP contribution in [-0.2, 0) is 13.2 Å². The monoisotopic (exact) mass is 645 g/mol. The standard InChI is InChI=1S/C39H39N3O6/c1-25(2)42(21-32(43)28-13-17-34(38-30(28)15-19-36(45)40-38)47-23-26-9-5-3-6-10-26)22-33(44)29-14-18-35(39-31(29)16-20-37(46)41-39)48-24-27-11-7-4-8-12-27/h3-20,25,32-33,43-44H,21-24H2,1-2H3,(H,40,45)(H,41,46)/t32-,33?/m0/s1. The molecule has 9 heteroatoms. The average molecular weight is 646 g/mol. The Morgan fingerprint density at radius 1 is 0.583 bits per heavy atom. The Morgan fingerprint density at radius 3 is 1.40 bits per heavy atom. The molecule has 0 radical (unpaired) electrons. The fourth-order valence-electron chi connectivity index (χ4n) is 5.93. The number of aromatic amines is 2. The lowest BCUT2D eigenvalue weighted by molar-refractivity contribution is 0.0531. The summed E-state index contributed by atoms with van der Waals surface area (Å²) in [5, 5.41) is 24.5. The van der Waals surface area contributed by atoms with E-state index in [-0.39, 0.29) is 30.2 Å². The molecule has 4 aromatic carbocycles. The van der Waals surface area contributed by atoms with Gasteiger partial charge in [0.05, 0.1) is 23.2 Å². The Kier molecular flexibility index (Phi) is 10.0. The van der Waals surface area contributed by atoms with E-state index < -0.39 is 12.2 Å². The fraction of sp³-hybridized carbons (Fsp3) is 0.231. The molecule has 0 saturated carbocycles. The maximum absolute atomic E-state index is 12.3. The van der Waals surface area contributed by atoms with Crippen LogP contribution in [0.4, 0.5) is 0 Å². The summed E-state index contributed by atoms with van der Waals surface area (Å²) >= 11 is 0. The maximum Gasteiger partial charge on any atom is 0.248 e. The lowest BCUT2D eigenvalue weighted by atomic mass is 10.00. The number of pyridine rings is 2. The number of rotatable bonds is 13. The molecular weight excluding hydrogens is 606 g/mol. The summed E-state index contributed by atoms with van der Waals surface area (Å²) in [6, 6.07) is 32.9. The van der Waals surface area contributed by atoms with E-state index >= 15 is 0 Å². The molecule has 2 aromatic heterocycles. The molecule has 0 saturated heterocycles. The first kappa shape index (κ1) is 32.7. The number of nitrogens with one attached hydrogen (secondary N) is 2. The Labute approximate surface area is 278 Å². The third kappa shape index (κ3) is 7.50. The van der Waals surface area contributed by atoms with E-state index in [1.807, 2.05) is 91.5 Å². The molecule has 6 aromatic rings. The van der Waals surface area contributed by atoms with E-state index in [1.54, 1.807) is 24.3 Å². The van der Waals surface area contributed by atoms with Gasteiger partial charge in [0, 0.05) is 42.0 Å². The molecule has 246 valence electrons. The molecule has 1 unspecified atom stereocenters. The number of aliphatic hydroxyl groups is 2. The van der Waals surface area contributed by atoms with Gasteiger partial charge >= 0.3 is 0 Å². The second-order valence-electron chi connectivity index (χ2n) is 12.2. The molecule has 2 atom stereocenters. The van der Waals surface area contributed by atoms with Crippen molar-refractivity contribution in [3.63, 3.8) is 0 Å². The zero-order valence-electron chi connectivity index (χ0n) is 26.9. The van der Waals surface area contributed by atoms with Crippen LogP contribution >= 0.6 is 0 Å². The summed E-state index contributed by atoms with van der Waals surface area (Å²) in [7, 11) is 0. The van der Waals surface area contributed by atoms with Gasteiger partial charge in [-0.25, -0.2) is 0 Å². The number of fused-ring (bicyclic) bond motifs is 2. The fourth-order valence-corrected chi connectivity index (χ4v) is 5.93. The van der Waals surface area contributed by atoms with Crippen molar-refractivity contribution in [2.75, 3.05) is 13.1 Å². The third-order valence-electron chi connectivity index (χ3n) is 8.52. The second kappa shape index (κ2) is 14.7. The molecular formula is C39H39N3O6. The van der Waals surface area contributed by atoms with Crippen molar-refractivity contribution >= 4 is 21.8 Å². The van der Waals surface area contributed by atoms with Gasteiger partial charge < -0.3 is 29.7 Å². The van der Waals surface area contributed by atoms with E-state index in [9.17, 15) is 19.8 Å². The number of ether oxygens (including phenoxy) is 2. The smallest absolute Gasteiger partial charge is 0.248 e. The summed E-state index contributed by atoms with van der Waals surface area (Å²) < 4.78 is 12.2. The van der Waals surface area contributed by atoms with E-state index in [1.165, 1.54) is 12.1 Å². The zero-order valence-corrected chi connectivity index (χ0v) is 26.9. The molecule has 0 fully saturated rings. The summed E-state index contributed by atoms with van der Waals surface area (Å²) in [6.45, 7) is 5.12. The summed E-state index contributed by atoms with van der Waals surface area (Å²) in [5.41, 5.74) is 3.75. The second-order valence-corrected chi connectivity index (χ2v) is 12.2. The van der Waals surface area contributed by atoms with Crippen molar-refractivity contribution < 1.29 is 19.7 Å². The first-order valence-corrected chi connectivity index (χ1v) is 16.0. The highest BCUT2D eigenvalue weighted by Crippen LogP contribution is 2.33. The van der Waals surface area contributed by atoms with E-state index in [2.05, 4.69) is 9.97 Å². The van der Waals surface area contributed by atoms with Gasteiger partial charge in [0.15, 0.2) is 0 Å². The summed E-state index contributed by atoms with van der Waals surface area (Å²) in [6.07, 6.45) is -1.86. The van der Waals surface area contributed by atoms with Crippen LogP contribution in [0, 0.1) is 0 Å². The number of H-pyrrole nitrogens is 2. The van der Waals surface area contributed by atoms with Crippen LogP contribution < -0.4 is 20.6 Å². The Bertz CT molecular complexity index is 1960. The predicted octanol–water partition coefficient (Wildman–Crippen LogP) is 6.01. The molecule has 4 N–H and O–H groups in total. The molecule has 9 nitrogen and oxygen atoms in total. The minimum Gasteiger partial charge on any atom is -0.487 e. The molecule has 2 heterocycles. The number of benzene rings is 4. The Balaban J connectivity index is 1.22. The molecule has 0 aliphatic carbocycles. The highest BCUT2D eigenvalue weighted by atomic mass is 16.5. The van der Waals surface area contributed by atoms with Gasteiger partial charge in [-0.15, -0.1) is 0 Å². The summed E-state index contributed by atoms with van der Waals surface area (Å²) in [4.78, 5) is 32.4. The van der Waals surface area contributed by atoms with Crippen molar-refractivity contribution in [1.29, 1.82) is 0 Å². The van der Waals surface area contributed by atoms with Crippen LogP contribution in [0.15, 0.2) is 119 Å². The minimum absolute atomic E-state index is 0.0200. The van der Waals surface area contributed by atoms with Gasteiger partial charge in [-0.1, -0.05) is 72.8 Å². The van der Waals surface area contributed by atoms with Crippen molar-refractivity contribution in [3.8, 4) is 11.5 Å². The SMILES string of the molecule is CC(C)N(CC(O)c1ccc(OCc2ccccc2)c2[nH]c(=O)ccc12)C[C@H](O)c1ccc(OCc2ccccc2)c2[nH]c(=O)ccc12. The number of hydrogen-bond donors (Lipinski definition) is 4. The lowest BCUT2D eigenvalue weighted by Gasteiger charge is -2.31. The van der Waals surface area contributed by atoms with Crippen LogP contribution in [0.3, 0.4) is 0 Å². The van der Waals surface area contributed by atoms with Crippen LogP contribution in [0.5, 0.6) is 11.5 Å². The summed E-state index contributed by atoms with van der Waals surface area (Å²) in [5.74, 6) is 1.03. The number of aromatic nitrogens is 2. The van der Waals surface area contributed by atoms with Crippen molar-refractivity contribution in [2.45, 2.75) is 45.3 Å². The number of nitrogens with zero attached hydrogens (tertiary/aromatic N) is 1. The zero-order chi connectivity index (χ0) is 33.6. The first-order valence-electron chi connectivity index (χ1n) is 16.0. The molecule has 0 amide bonds. The van der Waals surface area contributed by atoms with Crippen LogP contribution in [-0.4, -0.2) is 44.2 Å². The van der Waals surface area contributed by atoms with E-state index in [0.717, 1.165) is 11.1 Å². The Hall–Kier alpha value is -5.22. The average Bonchev–Trinajstić information content (AvgIpc) is 3.09. The highest BCUT2D eigenvalue weighted by Gasteiger charge is 2.24. The van der Waals surface area contributed by atoms with Crippen molar-refractivity contribution in [1.82, 2.24) is 14.9 Å². The minimum atomic E-state index is -0.932. The van der Waals surface area contributed by atoms with E-state index in [4.69, 9.17) is 9.47 Å². The van der Waals surface area contributed by atoms with Gasteiger partial charge in [-0.3, -0.25) is 14.5 Å². The normalized spacial score (nSPS) is 12.9. The number of aliphatic hydroxyl groups excluding tert-OH is 2. The van der Waals surface area contributed by atoms with E-state index in [0.29, 0.717) is 57.6 Å². The van der Waals surface area contributed by atoms with Gasteiger partial charge in [0.25, 0.3) is 0 Å². The van der Waals surface area contributed by atoms with Crippen LogP contribution in [0.25, 0.3) is 21.8 Å². The predicted molar refractivity (Wildman–Crippen MR) is 187 cm³/mol. The van der Waals surface area contributed by atoms with Crippen LogP contribution in [0.1, 0.15) is 48.3 Å². The van der Waals surface area contributed by atoms with Gasteiger partial charge in [-0.05, 0) is 60.4 Å². The van der Waals surface area contributed by atoms with Gasteiger partial charge in [0.1, 0.15) is 24.7 Å². The molecule has 6 rings (SSSR count). The highest BCUT2D eigenvalue weighted by molar-refractivity contribution is 5.88. The molecule has 0 aliphatic rings. The first-order chi connectivity index (χ1) is 23.3. The van der Waals surface area contributed by atoms with Gasteiger partial charge in [-0.2, -0.15) is 0 Å². The topological polar surface area (TPSA) is 128 Å². The molecule has 0 bridgehead atoms. The lowest BCUT2D eigenvalue weighted by Crippen LogP contribution is -2.38. The number of hydrogen-bond acceptors (Lipinski definition) is 7. The third-order valence-corrected chi connectivity index (χ3v) is 8.52. The van der Waals surface area contributed by atoms with Crippen LogP contribution in [0.2, 0.25) is 0 Å². The van der Waals surface area contributed by atoms with Gasteiger partial charge in [0.2, 0.25) is 11.1 Å². The molecule has 48 heavy (non-hydrogen) atoms.